The Morgan fingerprint density at radius 3 is 2.62 bits per heavy atom. The van der Waals surface area contributed by atoms with Gasteiger partial charge in [0, 0.05) is 10.9 Å². The first kappa shape index (κ1) is 14.0. The fourth-order valence-corrected chi connectivity index (χ4v) is 2.50. The number of hydrogen-bond donors (Lipinski definition) is 0. The second kappa shape index (κ2) is 5.41. The summed E-state index contributed by atoms with van der Waals surface area (Å²) in [6.07, 6.45) is 0.936. The molecule has 0 aliphatic heterocycles. The Morgan fingerprint density at radius 2 is 1.90 bits per heavy atom. The summed E-state index contributed by atoms with van der Waals surface area (Å²) in [7, 11) is 0. The molecule has 0 bridgehead atoms. The zero-order valence-electron chi connectivity index (χ0n) is 11.8. The van der Waals surface area contributed by atoms with Crippen molar-refractivity contribution >= 4 is 22.5 Å². The summed E-state index contributed by atoms with van der Waals surface area (Å²) < 4.78 is 13.4. The van der Waals surface area contributed by atoms with Crippen LogP contribution in [-0.4, -0.2) is 9.97 Å². The SMILES string of the molecule is CCc1ccc2nc(-c3ccc(F)c(C)c3)nc(Cl)c2c1. The van der Waals surface area contributed by atoms with Crippen molar-refractivity contribution in [2.24, 2.45) is 0 Å². The molecule has 0 saturated carbocycles. The van der Waals surface area contributed by atoms with Crippen LogP contribution in [0.3, 0.4) is 0 Å². The van der Waals surface area contributed by atoms with Gasteiger partial charge >= 0.3 is 0 Å². The van der Waals surface area contributed by atoms with Gasteiger partial charge in [0.2, 0.25) is 0 Å². The molecule has 2 nitrogen and oxygen atoms in total. The molecule has 2 aromatic carbocycles. The summed E-state index contributed by atoms with van der Waals surface area (Å²) in [6, 6.07) is 10.8. The summed E-state index contributed by atoms with van der Waals surface area (Å²) in [5.74, 6) is 0.276. The van der Waals surface area contributed by atoms with E-state index in [0.29, 0.717) is 16.5 Å². The molecular formula is C17H14ClFN2. The fraction of sp³-hybridized carbons (Fsp3) is 0.176. The van der Waals surface area contributed by atoms with Gasteiger partial charge in [-0.15, -0.1) is 0 Å². The van der Waals surface area contributed by atoms with E-state index in [0.717, 1.165) is 22.9 Å². The van der Waals surface area contributed by atoms with E-state index < -0.39 is 0 Å². The van der Waals surface area contributed by atoms with E-state index >= 15 is 0 Å². The minimum Gasteiger partial charge on any atom is -0.228 e. The normalized spacial score (nSPS) is 11.0. The second-order valence-corrected chi connectivity index (χ2v) is 5.37. The molecule has 0 atom stereocenters. The van der Waals surface area contributed by atoms with E-state index in [1.807, 2.05) is 18.2 Å². The van der Waals surface area contributed by atoms with Crippen LogP contribution in [-0.2, 0) is 6.42 Å². The van der Waals surface area contributed by atoms with Crippen molar-refractivity contribution in [3.8, 4) is 11.4 Å². The maximum absolute atomic E-state index is 13.4. The third kappa shape index (κ3) is 2.61. The van der Waals surface area contributed by atoms with Crippen molar-refractivity contribution in [2.45, 2.75) is 20.3 Å². The van der Waals surface area contributed by atoms with Gasteiger partial charge in [0.05, 0.1) is 5.52 Å². The molecule has 0 radical (unpaired) electrons. The van der Waals surface area contributed by atoms with E-state index in [1.54, 1.807) is 19.1 Å². The molecule has 4 heteroatoms. The molecule has 21 heavy (non-hydrogen) atoms. The highest BCUT2D eigenvalue weighted by Gasteiger charge is 2.09. The van der Waals surface area contributed by atoms with Crippen LogP contribution in [0.5, 0.6) is 0 Å². The largest absolute Gasteiger partial charge is 0.228 e. The smallest absolute Gasteiger partial charge is 0.161 e. The molecule has 3 aromatic rings. The van der Waals surface area contributed by atoms with Gasteiger partial charge in [-0.3, -0.25) is 0 Å². The Labute approximate surface area is 127 Å². The molecule has 1 aromatic heterocycles. The van der Waals surface area contributed by atoms with Crippen molar-refractivity contribution in [1.82, 2.24) is 9.97 Å². The first-order valence-corrected chi connectivity index (χ1v) is 7.19. The quantitative estimate of drug-likeness (QED) is 0.625. The summed E-state index contributed by atoms with van der Waals surface area (Å²) >= 11 is 6.29. The average Bonchev–Trinajstić information content (AvgIpc) is 2.49. The zero-order valence-corrected chi connectivity index (χ0v) is 12.6. The number of rotatable bonds is 2. The van der Waals surface area contributed by atoms with Crippen molar-refractivity contribution in [3.63, 3.8) is 0 Å². The fourth-order valence-electron chi connectivity index (χ4n) is 2.27. The highest BCUT2D eigenvalue weighted by Crippen LogP contribution is 2.26. The van der Waals surface area contributed by atoms with Crippen LogP contribution in [0.2, 0.25) is 5.15 Å². The van der Waals surface area contributed by atoms with E-state index in [4.69, 9.17) is 11.6 Å². The Hall–Kier alpha value is -2.00. The third-order valence-electron chi connectivity index (χ3n) is 3.54. The maximum atomic E-state index is 13.4. The van der Waals surface area contributed by atoms with E-state index in [1.165, 1.54) is 11.6 Å². The molecule has 0 aliphatic carbocycles. The molecule has 0 N–H and O–H groups in total. The van der Waals surface area contributed by atoms with Crippen molar-refractivity contribution in [2.75, 3.05) is 0 Å². The highest BCUT2D eigenvalue weighted by molar-refractivity contribution is 6.34. The van der Waals surface area contributed by atoms with Crippen LogP contribution < -0.4 is 0 Å². The average molecular weight is 301 g/mol. The van der Waals surface area contributed by atoms with Gasteiger partial charge < -0.3 is 0 Å². The lowest BCUT2D eigenvalue weighted by Gasteiger charge is -2.07. The van der Waals surface area contributed by atoms with E-state index in [-0.39, 0.29) is 5.82 Å². The van der Waals surface area contributed by atoms with Crippen LogP contribution in [0.1, 0.15) is 18.1 Å². The standard InChI is InChI=1S/C17H14ClFN2/c1-3-11-4-7-15-13(9-11)16(18)21-17(20-15)12-5-6-14(19)10(2)8-12/h4-9H,3H2,1-2H3. The van der Waals surface area contributed by atoms with Gasteiger partial charge in [0.25, 0.3) is 0 Å². The molecule has 0 amide bonds. The molecule has 0 spiro atoms. The van der Waals surface area contributed by atoms with Crippen LogP contribution >= 0.6 is 11.6 Å². The van der Waals surface area contributed by atoms with Crippen molar-refractivity contribution in [3.05, 3.63) is 58.5 Å². The number of nitrogens with zero attached hydrogens (tertiary/aromatic N) is 2. The summed E-state index contributed by atoms with van der Waals surface area (Å²) in [6.45, 7) is 3.81. The molecule has 0 fully saturated rings. The van der Waals surface area contributed by atoms with Crippen LogP contribution in [0.25, 0.3) is 22.3 Å². The number of fused-ring (bicyclic) bond motifs is 1. The molecule has 3 rings (SSSR count). The lowest BCUT2D eigenvalue weighted by atomic mass is 10.1. The second-order valence-electron chi connectivity index (χ2n) is 5.01. The van der Waals surface area contributed by atoms with Crippen LogP contribution in [0.4, 0.5) is 4.39 Å². The van der Waals surface area contributed by atoms with Gasteiger partial charge in [0.1, 0.15) is 11.0 Å². The van der Waals surface area contributed by atoms with Crippen molar-refractivity contribution < 1.29 is 4.39 Å². The number of aromatic nitrogens is 2. The van der Waals surface area contributed by atoms with Gasteiger partial charge in [-0.1, -0.05) is 24.6 Å². The molecular weight excluding hydrogens is 287 g/mol. The molecule has 0 saturated heterocycles. The van der Waals surface area contributed by atoms with Gasteiger partial charge in [-0.25, -0.2) is 14.4 Å². The Kier molecular flexibility index (Phi) is 3.60. The van der Waals surface area contributed by atoms with Crippen LogP contribution in [0.15, 0.2) is 36.4 Å². The molecule has 106 valence electrons. The molecule has 0 unspecified atom stereocenters. The summed E-state index contributed by atoms with van der Waals surface area (Å²) in [4.78, 5) is 8.88. The van der Waals surface area contributed by atoms with E-state index in [2.05, 4.69) is 16.9 Å². The first-order chi connectivity index (χ1) is 10.1. The van der Waals surface area contributed by atoms with Gasteiger partial charge in [-0.05, 0) is 54.8 Å². The summed E-state index contributed by atoms with van der Waals surface area (Å²) in [5.41, 5.74) is 3.31. The number of benzene rings is 2. The highest BCUT2D eigenvalue weighted by atomic mass is 35.5. The number of aryl methyl sites for hydroxylation is 2. The topological polar surface area (TPSA) is 25.8 Å². The third-order valence-corrected chi connectivity index (χ3v) is 3.83. The van der Waals surface area contributed by atoms with Crippen LogP contribution in [0, 0.1) is 12.7 Å². The Balaban J connectivity index is 2.18. The lowest BCUT2D eigenvalue weighted by molar-refractivity contribution is 0.618. The predicted octanol–water partition coefficient (Wildman–Crippen LogP) is 4.96. The minimum atomic E-state index is -0.238. The Morgan fingerprint density at radius 1 is 1.10 bits per heavy atom. The van der Waals surface area contributed by atoms with Crippen molar-refractivity contribution in [1.29, 1.82) is 0 Å². The lowest BCUT2D eigenvalue weighted by Crippen LogP contribution is -1.94. The number of halogens is 2. The summed E-state index contributed by atoms with van der Waals surface area (Å²) in [5, 5.41) is 1.27. The number of hydrogen-bond acceptors (Lipinski definition) is 2. The first-order valence-electron chi connectivity index (χ1n) is 6.81. The minimum absolute atomic E-state index is 0.238. The monoisotopic (exact) mass is 300 g/mol. The Bertz CT molecular complexity index is 830. The zero-order chi connectivity index (χ0) is 15.0. The van der Waals surface area contributed by atoms with Gasteiger partial charge in [-0.2, -0.15) is 0 Å². The molecule has 1 heterocycles. The maximum Gasteiger partial charge on any atom is 0.161 e. The predicted molar refractivity (Wildman–Crippen MR) is 84.1 cm³/mol. The van der Waals surface area contributed by atoms with E-state index in [9.17, 15) is 4.39 Å². The molecule has 0 aliphatic rings. The van der Waals surface area contributed by atoms with Gasteiger partial charge in [0.15, 0.2) is 5.82 Å².